The molecule has 4 aromatic rings. The molecule has 0 saturated heterocycles. The van der Waals surface area contributed by atoms with Gasteiger partial charge in [-0.05, 0) is 56.9 Å². The van der Waals surface area contributed by atoms with Crippen LogP contribution in [0.4, 0.5) is 5.95 Å². The Labute approximate surface area is 167 Å². The topological polar surface area (TPSA) is 100 Å². The van der Waals surface area contributed by atoms with Gasteiger partial charge in [0, 0.05) is 24.0 Å². The van der Waals surface area contributed by atoms with Crippen LogP contribution in [-0.2, 0) is 0 Å². The predicted octanol–water partition coefficient (Wildman–Crippen LogP) is 3.39. The lowest BCUT2D eigenvalue weighted by molar-refractivity contribution is 0.0195. The fourth-order valence-corrected chi connectivity index (χ4v) is 4.08. The number of aromatic amines is 1. The van der Waals surface area contributed by atoms with Gasteiger partial charge >= 0.3 is 0 Å². The van der Waals surface area contributed by atoms with Crippen molar-refractivity contribution < 1.29 is 9.84 Å². The maximum atomic E-state index is 10.2. The lowest BCUT2D eigenvalue weighted by Crippen LogP contribution is -2.36. The number of rotatable bonds is 4. The molecule has 0 bridgehead atoms. The Morgan fingerprint density at radius 2 is 2.14 bits per heavy atom. The maximum Gasteiger partial charge on any atom is 0.244 e. The number of methoxy groups -OCH3 is 1. The smallest absolute Gasteiger partial charge is 0.244 e. The number of hydrogen-bond donors (Lipinski definition) is 3. The second-order valence-corrected chi connectivity index (χ2v) is 8.00. The lowest BCUT2D eigenvalue weighted by Gasteiger charge is -2.33. The van der Waals surface area contributed by atoms with E-state index in [1.807, 2.05) is 37.4 Å². The normalized spacial score (nSPS) is 22.2. The average Bonchev–Trinajstić information content (AvgIpc) is 3.32. The van der Waals surface area contributed by atoms with Crippen molar-refractivity contribution in [3.63, 3.8) is 0 Å². The minimum Gasteiger partial charge on any atom is -0.479 e. The number of H-pyrrole nitrogens is 1. The molecule has 29 heavy (non-hydrogen) atoms. The summed E-state index contributed by atoms with van der Waals surface area (Å²) in [5.41, 5.74) is 4.03. The summed E-state index contributed by atoms with van der Waals surface area (Å²) in [5, 5.41) is 18.2. The predicted molar refractivity (Wildman–Crippen MR) is 111 cm³/mol. The molecule has 8 nitrogen and oxygen atoms in total. The largest absolute Gasteiger partial charge is 0.479 e. The molecule has 0 unspecified atom stereocenters. The number of pyridine rings is 1. The van der Waals surface area contributed by atoms with Gasteiger partial charge in [0.15, 0.2) is 0 Å². The Hall–Kier alpha value is -3.13. The molecular weight excluding hydrogens is 368 g/mol. The van der Waals surface area contributed by atoms with E-state index in [0.717, 1.165) is 53.5 Å². The molecule has 0 aliphatic heterocycles. The van der Waals surface area contributed by atoms with Crippen LogP contribution in [0.1, 0.15) is 32.6 Å². The first-order valence-electron chi connectivity index (χ1n) is 9.89. The van der Waals surface area contributed by atoms with Gasteiger partial charge in [-0.2, -0.15) is 4.98 Å². The minimum absolute atomic E-state index is 0.243. The number of aliphatic hydroxyl groups is 1. The van der Waals surface area contributed by atoms with Crippen LogP contribution in [0.25, 0.3) is 27.8 Å². The van der Waals surface area contributed by atoms with E-state index in [2.05, 4.69) is 25.4 Å². The van der Waals surface area contributed by atoms with Crippen molar-refractivity contribution in [1.29, 1.82) is 0 Å². The Kier molecular flexibility index (Phi) is 4.16. The number of anilines is 1. The van der Waals surface area contributed by atoms with Crippen LogP contribution in [-0.4, -0.2) is 48.4 Å². The van der Waals surface area contributed by atoms with Crippen LogP contribution in [0.2, 0.25) is 0 Å². The van der Waals surface area contributed by atoms with Gasteiger partial charge in [-0.3, -0.25) is 4.98 Å². The Bertz CT molecular complexity index is 1140. The zero-order chi connectivity index (χ0) is 20.0. The van der Waals surface area contributed by atoms with E-state index < -0.39 is 5.60 Å². The van der Waals surface area contributed by atoms with E-state index in [9.17, 15) is 5.11 Å². The van der Waals surface area contributed by atoms with Gasteiger partial charge < -0.3 is 20.1 Å². The highest BCUT2D eigenvalue weighted by Crippen LogP contribution is 2.33. The van der Waals surface area contributed by atoms with E-state index in [-0.39, 0.29) is 6.04 Å². The van der Waals surface area contributed by atoms with Crippen LogP contribution >= 0.6 is 0 Å². The van der Waals surface area contributed by atoms with Crippen molar-refractivity contribution in [3.05, 3.63) is 36.7 Å². The first-order chi connectivity index (χ1) is 14.0. The van der Waals surface area contributed by atoms with Crippen LogP contribution in [0.5, 0.6) is 5.88 Å². The van der Waals surface area contributed by atoms with E-state index in [1.165, 1.54) is 0 Å². The quantitative estimate of drug-likeness (QED) is 0.492. The van der Waals surface area contributed by atoms with Crippen LogP contribution in [0.15, 0.2) is 36.7 Å². The van der Waals surface area contributed by atoms with Gasteiger partial charge in [0.1, 0.15) is 5.52 Å². The molecule has 5 rings (SSSR count). The lowest BCUT2D eigenvalue weighted by atomic mass is 9.84. The summed E-state index contributed by atoms with van der Waals surface area (Å²) in [6.45, 7) is 1.90. The van der Waals surface area contributed by atoms with E-state index in [1.54, 1.807) is 17.8 Å². The number of hydrogen-bond acceptors (Lipinski definition) is 6. The SMILES string of the molecule is COc1nc(N[C@H]2CC[C@](C)(O)CC2)nn2ccc(-c3cc4ncccc4[nH]3)c12. The summed E-state index contributed by atoms with van der Waals surface area (Å²) in [4.78, 5) is 12.4. The van der Waals surface area contributed by atoms with Gasteiger partial charge in [-0.1, -0.05) is 0 Å². The summed E-state index contributed by atoms with van der Waals surface area (Å²) < 4.78 is 7.40. The third kappa shape index (κ3) is 3.29. The highest BCUT2D eigenvalue weighted by Gasteiger charge is 2.29. The second-order valence-electron chi connectivity index (χ2n) is 8.00. The third-order valence-electron chi connectivity index (χ3n) is 5.75. The summed E-state index contributed by atoms with van der Waals surface area (Å²) in [6.07, 6.45) is 7.00. The highest BCUT2D eigenvalue weighted by atomic mass is 16.5. The number of aromatic nitrogens is 5. The molecular formula is C21H24N6O2. The van der Waals surface area contributed by atoms with Gasteiger partial charge in [0.2, 0.25) is 11.8 Å². The minimum atomic E-state index is -0.565. The molecule has 0 amide bonds. The maximum absolute atomic E-state index is 10.2. The molecule has 1 aliphatic carbocycles. The zero-order valence-electron chi connectivity index (χ0n) is 16.5. The summed E-state index contributed by atoms with van der Waals surface area (Å²) in [5.74, 6) is 1.04. The first-order valence-corrected chi connectivity index (χ1v) is 9.89. The van der Waals surface area contributed by atoms with Crippen molar-refractivity contribution in [3.8, 4) is 17.1 Å². The second kappa shape index (κ2) is 6.73. The van der Waals surface area contributed by atoms with Gasteiger partial charge in [-0.15, -0.1) is 5.10 Å². The van der Waals surface area contributed by atoms with E-state index in [0.29, 0.717) is 11.8 Å². The van der Waals surface area contributed by atoms with Crippen LogP contribution in [0.3, 0.4) is 0 Å². The number of fused-ring (bicyclic) bond motifs is 2. The monoisotopic (exact) mass is 392 g/mol. The number of ether oxygens (including phenoxy) is 1. The van der Waals surface area contributed by atoms with Crippen molar-refractivity contribution in [2.24, 2.45) is 0 Å². The van der Waals surface area contributed by atoms with Gasteiger partial charge in [-0.25, -0.2) is 4.52 Å². The fourth-order valence-electron chi connectivity index (χ4n) is 4.08. The van der Waals surface area contributed by atoms with Crippen molar-refractivity contribution in [2.75, 3.05) is 12.4 Å². The third-order valence-corrected chi connectivity index (χ3v) is 5.75. The Morgan fingerprint density at radius 1 is 1.31 bits per heavy atom. The molecule has 0 atom stereocenters. The molecule has 0 radical (unpaired) electrons. The van der Waals surface area contributed by atoms with Crippen molar-refractivity contribution >= 4 is 22.5 Å². The first kappa shape index (κ1) is 17.9. The van der Waals surface area contributed by atoms with E-state index >= 15 is 0 Å². The fraction of sp³-hybridized carbons (Fsp3) is 0.381. The van der Waals surface area contributed by atoms with Crippen LogP contribution in [0, 0.1) is 0 Å². The molecule has 0 aromatic carbocycles. The van der Waals surface area contributed by atoms with Gasteiger partial charge in [0.25, 0.3) is 0 Å². The van der Waals surface area contributed by atoms with Crippen molar-refractivity contribution in [2.45, 2.75) is 44.2 Å². The Morgan fingerprint density at radius 3 is 2.90 bits per heavy atom. The number of nitrogens with one attached hydrogen (secondary N) is 2. The summed E-state index contributed by atoms with van der Waals surface area (Å²) >= 11 is 0. The average molecular weight is 392 g/mol. The molecule has 1 fully saturated rings. The molecule has 3 N–H and O–H groups in total. The molecule has 4 aromatic heterocycles. The standard InChI is InChI=1S/C21H24N6O2/c1-21(28)8-5-13(6-9-21)23-20-25-19(29-2)18-14(7-11-27(18)26-20)16-12-17-15(24-16)4-3-10-22-17/h3-4,7,10-13,24,28H,5-6,8-9H2,1-2H3,(H,23,26)/t13-,21-. The highest BCUT2D eigenvalue weighted by molar-refractivity contribution is 5.89. The summed E-state index contributed by atoms with van der Waals surface area (Å²) in [6, 6.07) is 8.17. The van der Waals surface area contributed by atoms with E-state index in [4.69, 9.17) is 4.74 Å². The molecule has 1 saturated carbocycles. The zero-order valence-corrected chi connectivity index (χ0v) is 16.5. The Balaban J connectivity index is 1.49. The molecule has 0 spiro atoms. The summed E-state index contributed by atoms with van der Waals surface area (Å²) in [7, 11) is 1.62. The van der Waals surface area contributed by atoms with Crippen molar-refractivity contribution in [1.82, 2.24) is 24.6 Å². The molecule has 150 valence electrons. The van der Waals surface area contributed by atoms with Crippen LogP contribution < -0.4 is 10.1 Å². The molecule has 1 aliphatic rings. The van der Waals surface area contributed by atoms with Gasteiger partial charge in [0.05, 0.1) is 29.4 Å². The molecule has 4 heterocycles. The molecule has 8 heteroatoms. The number of nitrogens with zero attached hydrogens (tertiary/aromatic N) is 4.